The smallest absolute Gasteiger partial charge is 0.0472 e. The second-order valence-corrected chi connectivity index (χ2v) is 4.94. The molecule has 106 valence electrons. The maximum Gasteiger partial charge on any atom is 0.0472 e. The second kappa shape index (κ2) is 8.39. The summed E-state index contributed by atoms with van der Waals surface area (Å²) in [5.41, 5.74) is 2.75. The van der Waals surface area contributed by atoms with E-state index in [0.29, 0.717) is 0 Å². The third kappa shape index (κ3) is 4.71. The predicted octanol–water partition coefficient (Wildman–Crippen LogP) is 3.85. The van der Waals surface area contributed by atoms with Gasteiger partial charge >= 0.3 is 0 Å². The van der Waals surface area contributed by atoms with E-state index in [-0.39, 0.29) is 0 Å². The van der Waals surface area contributed by atoms with Crippen molar-refractivity contribution in [2.45, 2.75) is 26.3 Å². The molecule has 0 atom stereocenters. The topological polar surface area (TPSA) is 15.3 Å². The molecule has 2 nitrogen and oxygen atoms in total. The van der Waals surface area contributed by atoms with Gasteiger partial charge < -0.3 is 10.2 Å². The summed E-state index contributed by atoms with van der Waals surface area (Å²) in [7, 11) is 0. The van der Waals surface area contributed by atoms with Crippen LogP contribution < -0.4 is 5.32 Å². The number of nitrogens with one attached hydrogen (secondary N) is 1. The van der Waals surface area contributed by atoms with Crippen molar-refractivity contribution in [1.82, 2.24) is 10.2 Å². The molecule has 2 rings (SSSR count). The number of hydrogen-bond donors (Lipinski definition) is 1. The van der Waals surface area contributed by atoms with Gasteiger partial charge in [0.15, 0.2) is 0 Å². The summed E-state index contributed by atoms with van der Waals surface area (Å²) in [6.07, 6.45) is 13.1. The third-order valence-electron chi connectivity index (χ3n) is 3.35. The van der Waals surface area contributed by atoms with Gasteiger partial charge in [0.1, 0.15) is 0 Å². The summed E-state index contributed by atoms with van der Waals surface area (Å²) in [6, 6.07) is 10.6. The second-order valence-electron chi connectivity index (χ2n) is 4.94. The highest BCUT2D eigenvalue weighted by molar-refractivity contribution is 5.19. The average Bonchev–Trinajstić information content (AvgIpc) is 2.52. The van der Waals surface area contributed by atoms with Crippen LogP contribution >= 0.6 is 0 Å². The molecule has 0 saturated heterocycles. The van der Waals surface area contributed by atoms with E-state index in [2.05, 4.69) is 78.0 Å². The summed E-state index contributed by atoms with van der Waals surface area (Å²) < 4.78 is 0. The molecule has 0 fully saturated rings. The molecule has 1 aliphatic heterocycles. The molecule has 0 bridgehead atoms. The highest BCUT2D eigenvalue weighted by Crippen LogP contribution is 2.16. The molecule has 2 heteroatoms. The van der Waals surface area contributed by atoms with Crippen molar-refractivity contribution < 1.29 is 0 Å². The maximum atomic E-state index is 3.37. The van der Waals surface area contributed by atoms with Gasteiger partial charge in [-0.15, -0.1) is 0 Å². The molecule has 0 radical (unpaired) electrons. The molecule has 1 aromatic rings. The molecule has 0 aromatic heterocycles. The summed E-state index contributed by atoms with van der Waals surface area (Å²) >= 11 is 0. The number of allylic oxidation sites excluding steroid dienone is 3. The lowest BCUT2D eigenvalue weighted by Crippen LogP contribution is -2.27. The zero-order chi connectivity index (χ0) is 14.0. The Morgan fingerprint density at radius 3 is 2.75 bits per heavy atom. The van der Waals surface area contributed by atoms with Crippen LogP contribution in [0, 0.1) is 0 Å². The predicted molar refractivity (Wildman–Crippen MR) is 86.1 cm³/mol. The number of nitrogens with zero attached hydrogens (tertiary/aromatic N) is 1. The molecule has 20 heavy (non-hydrogen) atoms. The SMILES string of the molecule is CC/C=C/C=C/N(Cc1ccccc1)C1=CCNCC1. The zero-order valence-electron chi connectivity index (χ0n) is 12.3. The highest BCUT2D eigenvalue weighted by Gasteiger charge is 2.09. The molecule has 0 spiro atoms. The van der Waals surface area contributed by atoms with Crippen molar-refractivity contribution in [3.63, 3.8) is 0 Å². The fraction of sp³-hybridized carbons (Fsp3) is 0.333. The van der Waals surface area contributed by atoms with Gasteiger partial charge in [-0.1, -0.05) is 55.5 Å². The number of hydrogen-bond acceptors (Lipinski definition) is 2. The molecule has 1 aromatic carbocycles. The average molecular weight is 268 g/mol. The Balaban J connectivity index is 2.09. The first-order valence-electron chi connectivity index (χ1n) is 7.44. The third-order valence-corrected chi connectivity index (χ3v) is 3.35. The van der Waals surface area contributed by atoms with Gasteiger partial charge in [0.2, 0.25) is 0 Å². The van der Waals surface area contributed by atoms with Gasteiger partial charge in [0, 0.05) is 31.5 Å². The minimum Gasteiger partial charge on any atom is -0.347 e. The van der Waals surface area contributed by atoms with Gasteiger partial charge in [0.05, 0.1) is 0 Å². The standard InChI is InChI=1S/C18H24N2/c1-2-3-4-8-15-20(18-11-13-19-14-12-18)16-17-9-6-5-7-10-17/h3-11,15,19H,2,12-14,16H2,1H3/b4-3+,15-8+. The molecule has 1 N–H and O–H groups in total. The molecule has 0 saturated carbocycles. The van der Waals surface area contributed by atoms with Crippen LogP contribution in [-0.4, -0.2) is 18.0 Å². The van der Waals surface area contributed by atoms with Crippen LogP contribution in [0.1, 0.15) is 25.3 Å². The quantitative estimate of drug-likeness (QED) is 0.788. The lowest BCUT2D eigenvalue weighted by atomic mass is 10.1. The van der Waals surface area contributed by atoms with E-state index in [9.17, 15) is 0 Å². The van der Waals surface area contributed by atoms with Crippen LogP contribution in [0.3, 0.4) is 0 Å². The van der Waals surface area contributed by atoms with Crippen molar-refractivity contribution in [1.29, 1.82) is 0 Å². The first kappa shape index (κ1) is 14.6. The Kier molecular flexibility index (Phi) is 6.12. The molecular formula is C18H24N2. The number of benzene rings is 1. The van der Waals surface area contributed by atoms with E-state index >= 15 is 0 Å². The molecule has 0 amide bonds. The molecular weight excluding hydrogens is 244 g/mol. The Hall–Kier alpha value is -1.80. The van der Waals surface area contributed by atoms with Crippen molar-refractivity contribution in [2.24, 2.45) is 0 Å². The van der Waals surface area contributed by atoms with Crippen LogP contribution in [-0.2, 0) is 6.54 Å². The summed E-state index contributed by atoms with van der Waals surface area (Å²) in [4.78, 5) is 2.36. The first-order valence-corrected chi connectivity index (χ1v) is 7.44. The van der Waals surface area contributed by atoms with Crippen molar-refractivity contribution in [2.75, 3.05) is 13.1 Å². The molecule has 1 aliphatic rings. The van der Waals surface area contributed by atoms with Crippen molar-refractivity contribution in [3.8, 4) is 0 Å². The Morgan fingerprint density at radius 1 is 1.20 bits per heavy atom. The summed E-state index contributed by atoms with van der Waals surface area (Å²) in [6.45, 7) is 5.12. The highest BCUT2D eigenvalue weighted by atomic mass is 15.1. The van der Waals surface area contributed by atoms with Crippen LogP contribution in [0.2, 0.25) is 0 Å². The Labute approximate surface area is 122 Å². The van der Waals surface area contributed by atoms with Crippen LogP contribution in [0.25, 0.3) is 0 Å². The van der Waals surface area contributed by atoms with E-state index in [1.54, 1.807) is 0 Å². The molecule has 0 aliphatic carbocycles. The van der Waals surface area contributed by atoms with E-state index in [1.807, 2.05) is 0 Å². The van der Waals surface area contributed by atoms with Crippen molar-refractivity contribution in [3.05, 3.63) is 72.1 Å². The van der Waals surface area contributed by atoms with Gasteiger partial charge in [0.25, 0.3) is 0 Å². The van der Waals surface area contributed by atoms with Crippen LogP contribution in [0.4, 0.5) is 0 Å². The van der Waals surface area contributed by atoms with Gasteiger partial charge in [-0.25, -0.2) is 0 Å². The van der Waals surface area contributed by atoms with E-state index < -0.39 is 0 Å². The largest absolute Gasteiger partial charge is 0.347 e. The lowest BCUT2D eigenvalue weighted by Gasteiger charge is -2.26. The lowest BCUT2D eigenvalue weighted by molar-refractivity contribution is 0.424. The van der Waals surface area contributed by atoms with Crippen molar-refractivity contribution >= 4 is 0 Å². The monoisotopic (exact) mass is 268 g/mol. The van der Waals surface area contributed by atoms with Gasteiger partial charge in [-0.3, -0.25) is 0 Å². The molecule has 1 heterocycles. The van der Waals surface area contributed by atoms with Gasteiger partial charge in [-0.05, 0) is 24.5 Å². The summed E-state index contributed by atoms with van der Waals surface area (Å²) in [5.74, 6) is 0. The van der Waals surface area contributed by atoms with E-state index in [1.165, 1.54) is 11.3 Å². The van der Waals surface area contributed by atoms with E-state index in [0.717, 1.165) is 32.5 Å². The number of rotatable bonds is 6. The first-order chi connectivity index (χ1) is 9.90. The Bertz CT molecular complexity index is 471. The van der Waals surface area contributed by atoms with Gasteiger partial charge in [-0.2, -0.15) is 0 Å². The maximum absolute atomic E-state index is 3.37. The minimum absolute atomic E-state index is 0.934. The summed E-state index contributed by atoms with van der Waals surface area (Å²) in [5, 5.41) is 3.37. The Morgan fingerprint density at radius 2 is 2.05 bits per heavy atom. The van der Waals surface area contributed by atoms with Crippen LogP contribution in [0.15, 0.2) is 66.5 Å². The normalized spacial score (nSPS) is 15.8. The fourth-order valence-corrected chi connectivity index (χ4v) is 2.27. The fourth-order valence-electron chi connectivity index (χ4n) is 2.27. The zero-order valence-corrected chi connectivity index (χ0v) is 12.3. The minimum atomic E-state index is 0.934. The molecule has 0 unspecified atom stereocenters. The van der Waals surface area contributed by atoms with Crippen LogP contribution in [0.5, 0.6) is 0 Å². The van der Waals surface area contributed by atoms with E-state index in [4.69, 9.17) is 0 Å².